The van der Waals surface area contributed by atoms with Gasteiger partial charge in [0.2, 0.25) is 0 Å². The van der Waals surface area contributed by atoms with Crippen molar-refractivity contribution in [1.29, 1.82) is 0 Å². The number of unbranched alkanes of at least 4 members (excludes halogenated alkanes) is 1. The second-order valence-corrected chi connectivity index (χ2v) is 3.87. The molecule has 0 amide bonds. The first-order valence-corrected chi connectivity index (χ1v) is 5.63. The summed E-state index contributed by atoms with van der Waals surface area (Å²) in [6, 6.07) is 7.35. The zero-order valence-electron chi connectivity index (χ0n) is 10.3. The van der Waals surface area contributed by atoms with Crippen molar-refractivity contribution < 1.29 is 9.53 Å². The zero-order chi connectivity index (χ0) is 12.0. The summed E-state index contributed by atoms with van der Waals surface area (Å²) in [5.74, 6) is -0.315. The van der Waals surface area contributed by atoms with Crippen LogP contribution in [0.4, 0.5) is 0 Å². The third kappa shape index (κ3) is 4.75. The van der Waals surface area contributed by atoms with Gasteiger partial charge in [-0.2, -0.15) is 0 Å². The van der Waals surface area contributed by atoms with Crippen molar-refractivity contribution in [3.8, 4) is 0 Å². The van der Waals surface area contributed by atoms with Gasteiger partial charge in [0.25, 0.3) is 0 Å². The molecule has 3 nitrogen and oxygen atoms in total. The average molecular weight is 258 g/mol. The summed E-state index contributed by atoms with van der Waals surface area (Å²) in [7, 11) is 1.38. The summed E-state index contributed by atoms with van der Waals surface area (Å²) in [5.41, 5.74) is 7.60. The molecule has 0 spiro atoms. The van der Waals surface area contributed by atoms with Crippen LogP contribution in [0.1, 0.15) is 48.1 Å². The van der Waals surface area contributed by atoms with Gasteiger partial charge >= 0.3 is 5.97 Å². The molecule has 0 fully saturated rings. The fraction of sp³-hybridized carbons (Fsp3) is 0.462. The maximum absolute atomic E-state index is 11.3. The van der Waals surface area contributed by atoms with E-state index in [2.05, 4.69) is 11.7 Å². The lowest BCUT2D eigenvalue weighted by Gasteiger charge is -2.12. The maximum Gasteiger partial charge on any atom is 0.337 e. The second-order valence-electron chi connectivity index (χ2n) is 3.87. The molecule has 0 radical (unpaired) electrons. The van der Waals surface area contributed by atoms with E-state index in [4.69, 9.17) is 5.73 Å². The number of carbonyl (C=O) groups excluding carboxylic acids is 1. The van der Waals surface area contributed by atoms with Crippen molar-refractivity contribution in [3.63, 3.8) is 0 Å². The van der Waals surface area contributed by atoms with Crippen molar-refractivity contribution in [1.82, 2.24) is 0 Å². The van der Waals surface area contributed by atoms with E-state index in [9.17, 15) is 4.79 Å². The van der Waals surface area contributed by atoms with Crippen LogP contribution in [-0.4, -0.2) is 13.1 Å². The minimum atomic E-state index is -0.315. The number of nitrogens with two attached hydrogens (primary N) is 1. The number of hydrogen-bond donors (Lipinski definition) is 1. The van der Waals surface area contributed by atoms with Crippen LogP contribution in [0.3, 0.4) is 0 Å². The molecule has 0 aliphatic rings. The Kier molecular flexibility index (Phi) is 7.59. The normalized spacial score (nSPS) is 11.5. The highest BCUT2D eigenvalue weighted by Gasteiger charge is 2.09. The molecule has 0 saturated heterocycles. The van der Waals surface area contributed by atoms with Gasteiger partial charge in [0.1, 0.15) is 0 Å². The molecular weight excluding hydrogens is 238 g/mol. The van der Waals surface area contributed by atoms with E-state index < -0.39 is 0 Å². The summed E-state index contributed by atoms with van der Waals surface area (Å²) >= 11 is 0. The minimum Gasteiger partial charge on any atom is -0.465 e. The molecule has 0 aliphatic heterocycles. The minimum absolute atomic E-state index is 0. The Morgan fingerprint density at radius 1 is 1.47 bits per heavy atom. The second kappa shape index (κ2) is 8.09. The molecule has 0 unspecified atom stereocenters. The third-order valence-corrected chi connectivity index (χ3v) is 2.60. The van der Waals surface area contributed by atoms with E-state index in [-0.39, 0.29) is 24.4 Å². The van der Waals surface area contributed by atoms with Gasteiger partial charge in [-0.25, -0.2) is 4.79 Å². The van der Waals surface area contributed by atoms with E-state index in [0.717, 1.165) is 24.8 Å². The van der Waals surface area contributed by atoms with Gasteiger partial charge in [-0.15, -0.1) is 12.4 Å². The van der Waals surface area contributed by atoms with Gasteiger partial charge in [-0.05, 0) is 24.1 Å². The Bertz CT molecular complexity index is 355. The molecule has 17 heavy (non-hydrogen) atoms. The van der Waals surface area contributed by atoms with E-state index in [1.807, 2.05) is 18.2 Å². The Balaban J connectivity index is 0.00000256. The average Bonchev–Trinajstić information content (AvgIpc) is 2.35. The summed E-state index contributed by atoms with van der Waals surface area (Å²) < 4.78 is 4.67. The summed E-state index contributed by atoms with van der Waals surface area (Å²) in [4.78, 5) is 11.3. The van der Waals surface area contributed by atoms with Crippen molar-refractivity contribution in [2.24, 2.45) is 5.73 Å². The molecule has 0 aliphatic carbocycles. The number of halogens is 1. The van der Waals surface area contributed by atoms with E-state index in [1.165, 1.54) is 7.11 Å². The number of hydrogen-bond acceptors (Lipinski definition) is 3. The Morgan fingerprint density at radius 3 is 2.76 bits per heavy atom. The smallest absolute Gasteiger partial charge is 0.337 e. The summed E-state index contributed by atoms with van der Waals surface area (Å²) in [6.07, 6.45) is 3.18. The fourth-order valence-electron chi connectivity index (χ4n) is 1.60. The van der Waals surface area contributed by atoms with Gasteiger partial charge in [0.15, 0.2) is 0 Å². The number of esters is 1. The lowest BCUT2D eigenvalue weighted by atomic mass is 10.0. The SMILES string of the molecule is CCCC[C@@H](N)c1cccc(C(=O)OC)c1.Cl. The Hall–Kier alpha value is -1.06. The quantitative estimate of drug-likeness (QED) is 0.825. The van der Waals surface area contributed by atoms with Gasteiger partial charge in [-0.3, -0.25) is 0 Å². The highest BCUT2D eigenvalue weighted by atomic mass is 35.5. The van der Waals surface area contributed by atoms with Gasteiger partial charge in [0, 0.05) is 6.04 Å². The molecule has 1 atom stereocenters. The number of benzene rings is 1. The Morgan fingerprint density at radius 2 is 2.18 bits per heavy atom. The predicted molar refractivity (Wildman–Crippen MR) is 71.5 cm³/mol. The van der Waals surface area contributed by atoms with Crippen LogP contribution in [0.25, 0.3) is 0 Å². The van der Waals surface area contributed by atoms with Crippen LogP contribution in [0.2, 0.25) is 0 Å². The van der Waals surface area contributed by atoms with Crippen molar-refractivity contribution in [3.05, 3.63) is 35.4 Å². The van der Waals surface area contributed by atoms with Gasteiger partial charge in [0.05, 0.1) is 12.7 Å². The number of rotatable bonds is 5. The first kappa shape index (κ1) is 15.9. The molecule has 0 aromatic heterocycles. The first-order chi connectivity index (χ1) is 7.69. The third-order valence-electron chi connectivity index (χ3n) is 2.60. The molecule has 2 N–H and O–H groups in total. The van der Waals surface area contributed by atoms with Crippen LogP contribution in [0, 0.1) is 0 Å². The van der Waals surface area contributed by atoms with Gasteiger partial charge in [-0.1, -0.05) is 31.9 Å². The monoisotopic (exact) mass is 257 g/mol. The molecule has 0 heterocycles. The van der Waals surface area contributed by atoms with E-state index in [0.29, 0.717) is 5.56 Å². The summed E-state index contributed by atoms with van der Waals surface area (Å²) in [5, 5.41) is 0. The standard InChI is InChI=1S/C13H19NO2.ClH/c1-3-4-8-12(14)10-6-5-7-11(9-10)13(15)16-2;/h5-7,9,12H,3-4,8,14H2,1-2H3;1H/t12-;/m1./s1. The lowest BCUT2D eigenvalue weighted by molar-refractivity contribution is 0.0600. The maximum atomic E-state index is 11.3. The molecule has 4 heteroatoms. The number of ether oxygens (including phenoxy) is 1. The van der Waals surface area contributed by atoms with Crippen LogP contribution in [-0.2, 0) is 4.74 Å². The number of carbonyl (C=O) groups is 1. The lowest BCUT2D eigenvalue weighted by Crippen LogP contribution is -2.11. The topological polar surface area (TPSA) is 52.3 Å². The van der Waals surface area contributed by atoms with Crippen molar-refractivity contribution in [2.75, 3.05) is 7.11 Å². The van der Waals surface area contributed by atoms with Crippen LogP contribution < -0.4 is 5.73 Å². The molecule has 1 rings (SSSR count). The zero-order valence-corrected chi connectivity index (χ0v) is 11.1. The molecule has 1 aromatic carbocycles. The van der Waals surface area contributed by atoms with E-state index >= 15 is 0 Å². The predicted octanol–water partition coefficient (Wildman–Crippen LogP) is 3.09. The molecule has 96 valence electrons. The largest absolute Gasteiger partial charge is 0.465 e. The Labute approximate surface area is 109 Å². The number of methoxy groups -OCH3 is 1. The molecule has 0 bridgehead atoms. The molecule has 1 aromatic rings. The fourth-order valence-corrected chi connectivity index (χ4v) is 1.60. The highest BCUT2D eigenvalue weighted by Crippen LogP contribution is 2.18. The van der Waals surface area contributed by atoms with Crippen molar-refractivity contribution >= 4 is 18.4 Å². The molecular formula is C13H20ClNO2. The van der Waals surface area contributed by atoms with Crippen LogP contribution in [0.15, 0.2) is 24.3 Å². The van der Waals surface area contributed by atoms with Crippen LogP contribution >= 0.6 is 12.4 Å². The van der Waals surface area contributed by atoms with Crippen molar-refractivity contribution in [2.45, 2.75) is 32.2 Å². The highest BCUT2D eigenvalue weighted by molar-refractivity contribution is 5.89. The van der Waals surface area contributed by atoms with E-state index in [1.54, 1.807) is 6.07 Å². The van der Waals surface area contributed by atoms with Gasteiger partial charge < -0.3 is 10.5 Å². The van der Waals surface area contributed by atoms with Crippen LogP contribution in [0.5, 0.6) is 0 Å². The summed E-state index contributed by atoms with van der Waals surface area (Å²) in [6.45, 7) is 2.14. The molecule has 0 saturated carbocycles. The first-order valence-electron chi connectivity index (χ1n) is 5.63.